The maximum absolute atomic E-state index is 12.7. The number of likely N-dealkylation sites (N-methyl/N-ethyl adjacent to an activating group) is 1. The lowest BCUT2D eigenvalue weighted by Crippen LogP contribution is -2.32. The Morgan fingerprint density at radius 3 is 1.76 bits per heavy atom. The molecule has 0 spiro atoms. The minimum atomic E-state index is -5.10. The summed E-state index contributed by atoms with van der Waals surface area (Å²) in [5.41, 5.74) is 0.845. The zero-order valence-electron chi connectivity index (χ0n) is 41.3. The van der Waals surface area contributed by atoms with Gasteiger partial charge in [-0.25, -0.2) is 0 Å². The number of hydrogen-bond donors (Lipinski definition) is 6. The van der Waals surface area contributed by atoms with Crippen molar-refractivity contribution in [3.05, 3.63) is 108 Å². The van der Waals surface area contributed by atoms with Crippen LogP contribution in [0.1, 0.15) is 76.8 Å². The Morgan fingerprint density at radius 1 is 0.640 bits per heavy atom. The topological polar surface area (TPSA) is 334 Å². The van der Waals surface area contributed by atoms with Gasteiger partial charge in [0.25, 0.3) is 50.6 Å². The number of carbonyl (C=O) groups is 1. The second-order valence-electron chi connectivity index (χ2n) is 18.4. The number of ether oxygens (including phenoxy) is 2. The van der Waals surface area contributed by atoms with E-state index < -0.39 is 92.7 Å². The van der Waals surface area contributed by atoms with Crippen LogP contribution in [0.4, 0.5) is 11.4 Å². The van der Waals surface area contributed by atoms with Gasteiger partial charge in [0.1, 0.15) is 16.3 Å². The highest BCUT2D eigenvalue weighted by atomic mass is 32.2. The first-order chi connectivity index (χ1) is 34.9. The molecular weight excluding hydrogens is 1080 g/mol. The molecule has 4 aromatic rings. The largest absolute Gasteiger partial charge is 0.481 e. The fraction of sp³-hybridized carbons (Fsp3) is 0.388. The van der Waals surface area contributed by atoms with Crippen LogP contribution in [0.5, 0.6) is 0 Å². The monoisotopic (exact) mass is 1140 g/mol. The molecule has 6 N–H and O–H groups in total. The maximum Gasteiger partial charge on any atom is 0.303 e. The first-order valence-corrected chi connectivity index (χ1v) is 30.8. The number of aliphatic carboxylic acids is 1. The molecule has 4 aromatic carbocycles. The molecule has 0 saturated carbocycles. The van der Waals surface area contributed by atoms with E-state index in [2.05, 4.69) is 0 Å². The fourth-order valence-electron chi connectivity index (χ4n) is 10.1. The van der Waals surface area contributed by atoms with Gasteiger partial charge in [-0.3, -0.25) is 27.6 Å². The van der Waals surface area contributed by atoms with Gasteiger partial charge < -0.3 is 19.5 Å². The molecule has 0 bridgehead atoms. The SMILES string of the molecule is CCN1C(=CC=CC=CC=CC2=[N+](CCCCCC(=O)O)c3ccc4c(S(=O)(=O)O)cc(S(=O)(=O)O)cc4c3C2(C)CCCS(=O)(=O)O)C(C)(CCOCCOC)c2c1ccc1c(S(=O)(=O)O)cc(S(=O)(=O)O)cc21. The molecule has 0 fully saturated rings. The minimum Gasteiger partial charge on any atom is -0.481 e. The first-order valence-electron chi connectivity index (χ1n) is 23.4. The molecular formula is C49H59N2O19S5+. The molecule has 0 saturated heterocycles. The zero-order valence-corrected chi connectivity index (χ0v) is 45.4. The highest BCUT2D eigenvalue weighted by Crippen LogP contribution is 2.54. The van der Waals surface area contributed by atoms with Gasteiger partial charge in [-0.15, -0.1) is 0 Å². The van der Waals surface area contributed by atoms with E-state index in [4.69, 9.17) is 9.47 Å². The van der Waals surface area contributed by atoms with Crippen LogP contribution in [0.2, 0.25) is 0 Å². The summed E-state index contributed by atoms with van der Waals surface area (Å²) in [7, 11) is -23.1. The number of carboxylic acid groups (broad SMARTS) is 1. The van der Waals surface area contributed by atoms with Crippen molar-refractivity contribution in [1.82, 2.24) is 0 Å². The van der Waals surface area contributed by atoms with E-state index in [1.165, 1.54) is 25.3 Å². The summed E-state index contributed by atoms with van der Waals surface area (Å²) in [4.78, 5) is 10.2. The Hall–Kier alpha value is -5.23. The van der Waals surface area contributed by atoms with Crippen molar-refractivity contribution < 1.29 is 88.8 Å². The number of anilines is 1. The van der Waals surface area contributed by atoms with Gasteiger partial charge in [-0.05, 0) is 112 Å². The molecule has 2 heterocycles. The Balaban J connectivity index is 1.46. The van der Waals surface area contributed by atoms with Crippen molar-refractivity contribution in [3.63, 3.8) is 0 Å². The van der Waals surface area contributed by atoms with E-state index in [1.54, 1.807) is 55.5 Å². The summed E-state index contributed by atoms with van der Waals surface area (Å²) in [6, 6.07) is 9.60. The zero-order chi connectivity index (χ0) is 55.5. The molecule has 26 heteroatoms. The van der Waals surface area contributed by atoms with Crippen LogP contribution in [0, 0.1) is 0 Å². The highest BCUT2D eigenvalue weighted by Gasteiger charge is 2.49. The van der Waals surface area contributed by atoms with Gasteiger partial charge in [0.15, 0.2) is 5.71 Å². The summed E-state index contributed by atoms with van der Waals surface area (Å²) >= 11 is 0. The van der Waals surface area contributed by atoms with Crippen molar-refractivity contribution >= 4 is 95.2 Å². The summed E-state index contributed by atoms with van der Waals surface area (Å²) in [6.45, 7) is 6.86. The van der Waals surface area contributed by atoms with E-state index in [9.17, 15) is 74.8 Å². The number of rotatable bonds is 25. The molecule has 2 aliphatic heterocycles. The Bertz CT molecular complexity index is 3660. The average Bonchev–Trinajstić information content (AvgIpc) is 3.68. The van der Waals surface area contributed by atoms with E-state index in [0.717, 1.165) is 6.07 Å². The predicted molar refractivity (Wildman–Crippen MR) is 279 cm³/mol. The molecule has 408 valence electrons. The molecule has 0 aromatic heterocycles. The summed E-state index contributed by atoms with van der Waals surface area (Å²) < 4.78 is 188. The molecule has 0 aliphatic carbocycles. The standard InChI is InChI=1S/C49H58N2O19S5/c1-5-50-39-20-18-35-37(29-33(72(57,58)59)31-41(35)74(63,64)65)46(39)49(3,23-25-70-27-26-69-4)43(50)15-10-7-6-8-11-16-44-48(2,22-14-28-71(54,55)56)47-38-30-34(73(60,61)62)32-42(75(66,67)68)36(38)19-21-40(47)51(44)24-13-9-12-17-45(52)53/h6-8,10-11,15-16,18-21,29-32H,5,9,12-14,17,22-28H2,1-4H3,(H5-,52,53,54,55,56,57,58,59,60,61,62,63,64,65,66,67,68)/p+1. The number of methoxy groups -OCH3 is 1. The van der Waals surface area contributed by atoms with Gasteiger partial charge in [0.2, 0.25) is 5.69 Å². The fourth-order valence-corrected chi connectivity index (χ4v) is 13.3. The van der Waals surface area contributed by atoms with Gasteiger partial charge in [-0.1, -0.05) is 36.4 Å². The van der Waals surface area contributed by atoms with Crippen LogP contribution < -0.4 is 4.90 Å². The second kappa shape index (κ2) is 22.8. The van der Waals surface area contributed by atoms with Crippen molar-refractivity contribution in [2.45, 2.75) is 96.1 Å². The Labute approximate surface area is 436 Å². The number of unbranched alkanes of at least 4 members (excludes halogenated alkanes) is 2. The van der Waals surface area contributed by atoms with Crippen molar-refractivity contribution in [1.29, 1.82) is 0 Å². The minimum absolute atomic E-state index is 0.00450. The quantitative estimate of drug-likeness (QED) is 0.0167. The third-order valence-corrected chi connectivity index (χ3v) is 17.7. The van der Waals surface area contributed by atoms with Crippen LogP contribution >= 0.6 is 0 Å². The van der Waals surface area contributed by atoms with E-state index >= 15 is 0 Å². The third-order valence-electron chi connectivity index (χ3n) is 13.4. The number of allylic oxidation sites excluding steroid dienone is 8. The predicted octanol–water partition coefficient (Wildman–Crippen LogP) is 7.05. The van der Waals surface area contributed by atoms with Gasteiger partial charge in [-0.2, -0.15) is 46.7 Å². The van der Waals surface area contributed by atoms with Crippen LogP contribution in [0.25, 0.3) is 21.5 Å². The van der Waals surface area contributed by atoms with Crippen molar-refractivity contribution in [3.8, 4) is 0 Å². The molecule has 2 unspecified atom stereocenters. The number of carboxylic acids is 1. The lowest BCUT2D eigenvalue weighted by molar-refractivity contribution is -0.438. The molecule has 6 rings (SSSR count). The summed E-state index contributed by atoms with van der Waals surface area (Å²) in [5.74, 6) is -1.65. The lowest BCUT2D eigenvalue weighted by Gasteiger charge is -2.30. The van der Waals surface area contributed by atoms with Crippen molar-refractivity contribution in [2.75, 3.05) is 50.7 Å². The number of hydrogen-bond acceptors (Lipinski definition) is 14. The second-order valence-corrected chi connectivity index (χ2v) is 25.6. The van der Waals surface area contributed by atoms with E-state index in [-0.39, 0.29) is 60.6 Å². The smallest absolute Gasteiger partial charge is 0.303 e. The lowest BCUT2D eigenvalue weighted by atomic mass is 9.74. The highest BCUT2D eigenvalue weighted by molar-refractivity contribution is 7.87. The molecule has 0 radical (unpaired) electrons. The molecule has 2 aliphatic rings. The molecule has 21 nitrogen and oxygen atoms in total. The van der Waals surface area contributed by atoms with Crippen LogP contribution in [-0.2, 0) is 75.7 Å². The summed E-state index contributed by atoms with van der Waals surface area (Å²) in [5, 5.41) is 9.33. The van der Waals surface area contributed by atoms with Crippen LogP contribution in [0.3, 0.4) is 0 Å². The average molecular weight is 1140 g/mol. The van der Waals surface area contributed by atoms with Crippen molar-refractivity contribution in [2.24, 2.45) is 0 Å². The number of fused-ring (bicyclic) bond motifs is 6. The summed E-state index contributed by atoms with van der Waals surface area (Å²) in [6.07, 6.45) is 13.3. The van der Waals surface area contributed by atoms with E-state index in [0.29, 0.717) is 84.9 Å². The Morgan fingerprint density at radius 2 is 1.21 bits per heavy atom. The first kappa shape index (κ1) is 59.0. The third kappa shape index (κ3) is 13.1. The molecule has 0 amide bonds. The number of benzene rings is 4. The maximum atomic E-state index is 12.7. The Kier molecular flexibility index (Phi) is 17.9. The van der Waals surface area contributed by atoms with Crippen LogP contribution in [-0.4, -0.2) is 132 Å². The van der Waals surface area contributed by atoms with E-state index in [1.807, 2.05) is 29.4 Å². The van der Waals surface area contributed by atoms with Gasteiger partial charge >= 0.3 is 5.97 Å². The van der Waals surface area contributed by atoms with Crippen LogP contribution in [0.15, 0.2) is 116 Å². The molecule has 75 heavy (non-hydrogen) atoms. The molecule has 2 atom stereocenters. The number of nitrogens with zero attached hydrogens (tertiary/aromatic N) is 2. The van der Waals surface area contributed by atoms with Gasteiger partial charge in [0.05, 0.1) is 34.2 Å². The van der Waals surface area contributed by atoms with Gasteiger partial charge in [0, 0.05) is 78.4 Å². The normalized spacial score (nSPS) is 19.3.